The van der Waals surface area contributed by atoms with Gasteiger partial charge >= 0.3 is 19.8 Å². The van der Waals surface area contributed by atoms with Gasteiger partial charge in [-0.15, -0.1) is 0 Å². The molecule has 0 aromatic heterocycles. The normalized spacial score (nSPS) is 14.2. The van der Waals surface area contributed by atoms with Crippen LogP contribution in [0.15, 0.2) is 60.8 Å². The van der Waals surface area contributed by atoms with E-state index >= 15 is 0 Å². The third-order valence-electron chi connectivity index (χ3n) is 9.53. The number of amides is 1. The fourth-order valence-electron chi connectivity index (χ4n) is 5.94. The average Bonchev–Trinajstić information content (AvgIpc) is 3.21. The molecule has 0 aliphatic carbocycles. The number of carbonyl (C=O) groups excluding carboxylic acids is 2. The first-order valence-corrected chi connectivity index (χ1v) is 24.3. The number of aliphatic carboxylic acids is 1. The summed E-state index contributed by atoms with van der Waals surface area (Å²) in [4.78, 5) is 45.9. The zero-order valence-electron chi connectivity index (χ0n) is 36.8. The van der Waals surface area contributed by atoms with Crippen LogP contribution in [0.1, 0.15) is 187 Å². The Morgan fingerprint density at radius 2 is 0.932 bits per heavy atom. The van der Waals surface area contributed by atoms with Gasteiger partial charge in [-0.05, 0) is 83.5 Å². The number of nitrogens with one attached hydrogen (secondary N) is 1. The fraction of sp³-hybridized carbons (Fsp3) is 0.723. The maximum absolute atomic E-state index is 12.3. The molecule has 11 nitrogen and oxygen atoms in total. The van der Waals surface area contributed by atoms with Crippen molar-refractivity contribution in [2.24, 2.45) is 0 Å². The first kappa shape index (κ1) is 56.2. The second-order valence-electron chi connectivity index (χ2n) is 15.2. The van der Waals surface area contributed by atoms with Crippen LogP contribution in [0.2, 0.25) is 0 Å². The van der Waals surface area contributed by atoms with Crippen LogP contribution in [0, 0.1) is 0 Å². The first-order chi connectivity index (χ1) is 28.6. The Morgan fingerprint density at radius 3 is 1.41 bits per heavy atom. The molecule has 0 saturated heterocycles. The number of aliphatic hydroxyl groups is 1. The van der Waals surface area contributed by atoms with Crippen LogP contribution in [-0.2, 0) is 32.7 Å². The predicted molar refractivity (Wildman–Crippen MR) is 240 cm³/mol. The molecule has 4 N–H and O–H groups in total. The molecule has 0 radical (unpaired) electrons. The molecule has 0 aliphatic heterocycles. The summed E-state index contributed by atoms with van der Waals surface area (Å²) >= 11 is 0. The number of carboxylic acid groups (broad SMARTS) is 1. The largest absolute Gasteiger partial charge is 0.480 e. The number of allylic oxidation sites excluding steroid dienone is 10. The lowest BCUT2D eigenvalue weighted by atomic mass is 10.1. The molecule has 3 unspecified atom stereocenters. The van der Waals surface area contributed by atoms with E-state index in [9.17, 15) is 34.1 Å². The third kappa shape index (κ3) is 41.7. The third-order valence-corrected chi connectivity index (χ3v) is 10.5. The highest BCUT2D eigenvalue weighted by Gasteiger charge is 2.28. The molecule has 0 rings (SSSR count). The molecular formula is C47H82NO10P. The zero-order valence-corrected chi connectivity index (χ0v) is 37.7. The Bertz CT molecular complexity index is 1230. The van der Waals surface area contributed by atoms with E-state index in [1.807, 2.05) is 0 Å². The SMILES string of the molecule is CCCCC/C=C\C/C=C\C/C=C\C/C=C\CCCCCCCCCC(=O)OCC(O)COP(=O)(O)OCC(NC(=O)CCCCCCC/C=C\CCCCC)C(=O)O. The van der Waals surface area contributed by atoms with Crippen molar-refractivity contribution in [1.29, 1.82) is 0 Å². The highest BCUT2D eigenvalue weighted by molar-refractivity contribution is 7.47. The smallest absolute Gasteiger partial charge is 0.472 e. The zero-order chi connectivity index (χ0) is 43.5. The van der Waals surface area contributed by atoms with E-state index in [1.54, 1.807) is 0 Å². The molecule has 0 aromatic carbocycles. The number of phosphoric ester groups is 1. The summed E-state index contributed by atoms with van der Waals surface area (Å²) in [5.74, 6) is -2.40. The van der Waals surface area contributed by atoms with Gasteiger partial charge in [0, 0.05) is 12.8 Å². The van der Waals surface area contributed by atoms with Crippen molar-refractivity contribution in [2.75, 3.05) is 19.8 Å². The van der Waals surface area contributed by atoms with E-state index < -0.39 is 57.6 Å². The van der Waals surface area contributed by atoms with Gasteiger partial charge in [-0.3, -0.25) is 18.6 Å². The summed E-state index contributed by atoms with van der Waals surface area (Å²) < 4.78 is 26.8. The molecule has 0 aromatic rings. The number of rotatable bonds is 42. The lowest BCUT2D eigenvalue weighted by Gasteiger charge is -2.18. The number of unbranched alkanes of at least 4 members (excludes halogenated alkanes) is 18. The molecular weight excluding hydrogens is 769 g/mol. The van der Waals surface area contributed by atoms with E-state index in [4.69, 9.17) is 13.8 Å². The summed E-state index contributed by atoms with van der Waals surface area (Å²) in [6.45, 7) is 2.51. The number of hydrogen-bond donors (Lipinski definition) is 4. The van der Waals surface area contributed by atoms with Gasteiger partial charge in [0.05, 0.1) is 13.2 Å². The molecule has 0 saturated carbocycles. The minimum Gasteiger partial charge on any atom is -0.480 e. The van der Waals surface area contributed by atoms with Crippen LogP contribution in [0.4, 0.5) is 0 Å². The van der Waals surface area contributed by atoms with Crippen LogP contribution in [0.3, 0.4) is 0 Å². The van der Waals surface area contributed by atoms with Crippen LogP contribution in [-0.4, -0.2) is 64.9 Å². The Morgan fingerprint density at radius 1 is 0.542 bits per heavy atom. The molecule has 0 fully saturated rings. The lowest BCUT2D eigenvalue weighted by Crippen LogP contribution is -2.43. The van der Waals surface area contributed by atoms with E-state index in [0.29, 0.717) is 12.8 Å². The number of ether oxygens (including phenoxy) is 1. The highest BCUT2D eigenvalue weighted by Crippen LogP contribution is 2.43. The molecule has 0 spiro atoms. The van der Waals surface area contributed by atoms with Gasteiger partial charge in [-0.2, -0.15) is 0 Å². The highest BCUT2D eigenvalue weighted by atomic mass is 31.2. The summed E-state index contributed by atoms with van der Waals surface area (Å²) in [5, 5.41) is 21.8. The van der Waals surface area contributed by atoms with Gasteiger partial charge in [-0.1, -0.05) is 152 Å². The van der Waals surface area contributed by atoms with Crippen molar-refractivity contribution in [3.8, 4) is 0 Å². The van der Waals surface area contributed by atoms with Gasteiger partial charge in [0.2, 0.25) is 5.91 Å². The topological polar surface area (TPSA) is 169 Å². The minimum atomic E-state index is -4.76. The van der Waals surface area contributed by atoms with Crippen molar-refractivity contribution in [2.45, 2.75) is 199 Å². The Labute approximate surface area is 357 Å². The molecule has 1 amide bonds. The van der Waals surface area contributed by atoms with Crippen LogP contribution in [0.5, 0.6) is 0 Å². The van der Waals surface area contributed by atoms with E-state index in [2.05, 4.69) is 79.9 Å². The Hall–Kier alpha value is -2.82. The molecule has 59 heavy (non-hydrogen) atoms. The van der Waals surface area contributed by atoms with Crippen LogP contribution < -0.4 is 5.32 Å². The summed E-state index contributed by atoms with van der Waals surface area (Å²) in [6.07, 6.45) is 48.2. The molecule has 0 heterocycles. The lowest BCUT2D eigenvalue weighted by molar-refractivity contribution is -0.147. The molecule has 0 aliphatic rings. The second-order valence-corrected chi connectivity index (χ2v) is 16.7. The van der Waals surface area contributed by atoms with Crippen LogP contribution >= 0.6 is 7.82 Å². The van der Waals surface area contributed by atoms with Crippen LogP contribution in [0.25, 0.3) is 0 Å². The molecule has 12 heteroatoms. The fourth-order valence-corrected chi connectivity index (χ4v) is 6.71. The van der Waals surface area contributed by atoms with Gasteiger partial charge in [0.25, 0.3) is 0 Å². The predicted octanol–water partition coefficient (Wildman–Crippen LogP) is 11.9. The second kappa shape index (κ2) is 41.9. The minimum absolute atomic E-state index is 0.133. The van der Waals surface area contributed by atoms with E-state index in [1.165, 1.54) is 57.8 Å². The standard InChI is InChI=1S/C47H82NO10P/c1-3-5-7-9-11-13-15-17-18-19-20-21-22-23-24-25-26-27-29-31-33-35-37-39-46(51)56-40-43(49)41-57-59(54,55)58-42-44(47(52)53)48-45(50)38-36-34-32-30-28-16-14-12-10-8-6-4-2/h11-14,17-18,20-21,23-24,43-44,49H,3-10,15-16,19,22,25-42H2,1-2H3,(H,48,50)(H,52,53)(H,54,55)/b13-11-,14-12-,18-17-,21-20-,24-23-. The van der Waals surface area contributed by atoms with Gasteiger partial charge in [0.15, 0.2) is 6.04 Å². The number of phosphoric acid groups is 1. The number of aliphatic hydroxyl groups excluding tert-OH is 1. The van der Waals surface area contributed by atoms with E-state index in [-0.39, 0.29) is 12.8 Å². The van der Waals surface area contributed by atoms with Crippen molar-refractivity contribution in [3.63, 3.8) is 0 Å². The average molecular weight is 852 g/mol. The molecule has 340 valence electrons. The monoisotopic (exact) mass is 852 g/mol. The summed E-state index contributed by atoms with van der Waals surface area (Å²) in [7, 11) is -4.76. The number of hydrogen-bond acceptors (Lipinski definition) is 8. The van der Waals surface area contributed by atoms with Crippen molar-refractivity contribution >= 4 is 25.7 Å². The van der Waals surface area contributed by atoms with Crippen molar-refractivity contribution < 1.29 is 47.8 Å². The molecule has 3 atom stereocenters. The van der Waals surface area contributed by atoms with Crippen molar-refractivity contribution in [1.82, 2.24) is 5.32 Å². The van der Waals surface area contributed by atoms with Gasteiger partial charge < -0.3 is 25.2 Å². The summed E-state index contributed by atoms with van der Waals surface area (Å²) in [5.41, 5.74) is 0. The Kier molecular flexibility index (Phi) is 39.9. The first-order valence-electron chi connectivity index (χ1n) is 22.8. The quantitative estimate of drug-likeness (QED) is 0.0201. The Balaban J connectivity index is 3.88. The number of esters is 1. The van der Waals surface area contributed by atoms with Gasteiger partial charge in [0.1, 0.15) is 12.7 Å². The van der Waals surface area contributed by atoms with E-state index in [0.717, 1.165) is 89.9 Å². The maximum atomic E-state index is 12.3. The summed E-state index contributed by atoms with van der Waals surface area (Å²) in [6, 6.07) is -1.55. The number of carbonyl (C=O) groups is 3. The maximum Gasteiger partial charge on any atom is 0.472 e. The van der Waals surface area contributed by atoms with Gasteiger partial charge in [-0.25, -0.2) is 9.36 Å². The molecule has 0 bridgehead atoms. The van der Waals surface area contributed by atoms with Crippen molar-refractivity contribution in [3.05, 3.63) is 60.8 Å². The number of carboxylic acids is 1.